The lowest BCUT2D eigenvalue weighted by Crippen LogP contribution is -2.46. The van der Waals surface area contributed by atoms with E-state index >= 15 is 0 Å². The molecule has 1 aromatic carbocycles. The van der Waals surface area contributed by atoms with Gasteiger partial charge in [-0.25, -0.2) is 0 Å². The number of ether oxygens (including phenoxy) is 1. The fraction of sp³-hybridized carbons (Fsp3) is 0.529. The van der Waals surface area contributed by atoms with Crippen molar-refractivity contribution in [3.8, 4) is 5.75 Å². The average Bonchev–Trinajstić information content (AvgIpc) is 2.55. The summed E-state index contributed by atoms with van der Waals surface area (Å²) in [6, 6.07) is 5.53. The molecule has 0 bridgehead atoms. The fourth-order valence-electron chi connectivity index (χ4n) is 2.64. The Labute approximate surface area is 137 Å². The van der Waals surface area contributed by atoms with E-state index in [1.807, 2.05) is 39.2 Å². The highest BCUT2D eigenvalue weighted by Gasteiger charge is 2.33. The maximum atomic E-state index is 12.7. The van der Waals surface area contributed by atoms with Crippen molar-refractivity contribution in [1.29, 1.82) is 0 Å². The van der Waals surface area contributed by atoms with Gasteiger partial charge in [-0.1, -0.05) is 12.1 Å². The van der Waals surface area contributed by atoms with E-state index in [2.05, 4.69) is 10.1 Å². The lowest BCUT2D eigenvalue weighted by Gasteiger charge is -2.34. The number of carbonyl (C=O) groups is 1. The van der Waals surface area contributed by atoms with Crippen molar-refractivity contribution in [2.45, 2.75) is 32.8 Å². The van der Waals surface area contributed by atoms with E-state index in [0.717, 1.165) is 24.2 Å². The second kappa shape index (κ2) is 7.46. The highest BCUT2D eigenvalue weighted by Crippen LogP contribution is 2.35. The molecule has 2 rings (SSSR count). The molecule has 126 valence electrons. The van der Waals surface area contributed by atoms with Crippen molar-refractivity contribution in [3.05, 3.63) is 23.8 Å². The standard InChI is InChI=1S/C17H25N3O3/c1-5-15-17(21)20(10-6-9-19(3)4)14-11-13(12(2)18-22)7-8-16(14)23-15/h7-8,11,15,22H,5-6,9-10H2,1-4H3/b18-12+/t15-/m1/s1. The first-order chi connectivity index (χ1) is 11.0. The summed E-state index contributed by atoms with van der Waals surface area (Å²) in [5.41, 5.74) is 2.03. The Hall–Kier alpha value is -2.08. The Kier molecular flexibility index (Phi) is 5.60. The van der Waals surface area contributed by atoms with Crippen molar-refractivity contribution >= 4 is 17.3 Å². The lowest BCUT2D eigenvalue weighted by molar-refractivity contribution is -0.126. The Balaban J connectivity index is 2.33. The summed E-state index contributed by atoms with van der Waals surface area (Å²) >= 11 is 0. The molecule has 0 fully saturated rings. The number of oxime groups is 1. The van der Waals surface area contributed by atoms with Crippen molar-refractivity contribution < 1.29 is 14.7 Å². The van der Waals surface area contributed by atoms with Gasteiger partial charge in [0.25, 0.3) is 5.91 Å². The Morgan fingerprint density at radius 1 is 1.43 bits per heavy atom. The minimum atomic E-state index is -0.430. The van der Waals surface area contributed by atoms with Crippen LogP contribution in [0, 0.1) is 0 Å². The van der Waals surface area contributed by atoms with Crippen LogP contribution in [-0.4, -0.2) is 55.0 Å². The first-order valence-electron chi connectivity index (χ1n) is 7.93. The number of benzene rings is 1. The van der Waals surface area contributed by atoms with Gasteiger partial charge >= 0.3 is 0 Å². The number of carbonyl (C=O) groups excluding carboxylic acids is 1. The number of anilines is 1. The minimum absolute atomic E-state index is 0.00510. The predicted octanol–water partition coefficient (Wildman–Crippen LogP) is 2.34. The molecule has 6 nitrogen and oxygen atoms in total. The summed E-state index contributed by atoms with van der Waals surface area (Å²) in [5, 5.41) is 12.2. The summed E-state index contributed by atoms with van der Waals surface area (Å²) in [4.78, 5) is 16.5. The molecule has 1 N–H and O–H groups in total. The van der Waals surface area contributed by atoms with Gasteiger partial charge < -0.3 is 19.7 Å². The van der Waals surface area contributed by atoms with Gasteiger partial charge in [0.2, 0.25) is 0 Å². The molecule has 0 aromatic heterocycles. The molecule has 6 heteroatoms. The van der Waals surface area contributed by atoms with Crippen LogP contribution in [0.3, 0.4) is 0 Å². The average molecular weight is 319 g/mol. The predicted molar refractivity (Wildman–Crippen MR) is 90.7 cm³/mol. The first kappa shape index (κ1) is 17.3. The molecule has 23 heavy (non-hydrogen) atoms. The van der Waals surface area contributed by atoms with Gasteiger partial charge in [0.05, 0.1) is 11.4 Å². The smallest absolute Gasteiger partial charge is 0.268 e. The molecular weight excluding hydrogens is 294 g/mol. The van der Waals surface area contributed by atoms with E-state index in [1.54, 1.807) is 11.8 Å². The number of nitrogens with zero attached hydrogens (tertiary/aromatic N) is 3. The third-order valence-electron chi connectivity index (χ3n) is 3.99. The quantitative estimate of drug-likeness (QED) is 0.496. The molecule has 0 saturated heterocycles. The van der Waals surface area contributed by atoms with Crippen molar-refractivity contribution in [2.75, 3.05) is 32.1 Å². The maximum Gasteiger partial charge on any atom is 0.268 e. The molecule has 0 saturated carbocycles. The Bertz CT molecular complexity index is 599. The van der Waals surface area contributed by atoms with E-state index in [9.17, 15) is 4.79 Å². The van der Waals surface area contributed by atoms with E-state index in [4.69, 9.17) is 9.94 Å². The topological polar surface area (TPSA) is 65.4 Å². The Morgan fingerprint density at radius 3 is 2.78 bits per heavy atom. The van der Waals surface area contributed by atoms with Crippen molar-refractivity contribution in [2.24, 2.45) is 5.16 Å². The first-order valence-corrected chi connectivity index (χ1v) is 7.93. The van der Waals surface area contributed by atoms with Gasteiger partial charge in [0.1, 0.15) is 5.75 Å². The molecule has 1 heterocycles. The Morgan fingerprint density at radius 2 is 2.17 bits per heavy atom. The van der Waals surface area contributed by atoms with E-state index in [1.165, 1.54) is 0 Å². The second-order valence-corrected chi connectivity index (χ2v) is 6.03. The zero-order chi connectivity index (χ0) is 17.0. The molecular formula is C17H25N3O3. The van der Waals surface area contributed by atoms with Crippen LogP contribution in [0.1, 0.15) is 32.3 Å². The van der Waals surface area contributed by atoms with E-state index in [0.29, 0.717) is 24.4 Å². The normalized spacial score (nSPS) is 18.1. The maximum absolute atomic E-state index is 12.7. The van der Waals surface area contributed by atoms with Crippen LogP contribution in [0.2, 0.25) is 0 Å². The van der Waals surface area contributed by atoms with Crippen LogP contribution < -0.4 is 9.64 Å². The number of rotatable bonds is 6. The molecule has 1 aromatic rings. The molecule has 0 spiro atoms. The van der Waals surface area contributed by atoms with Crippen molar-refractivity contribution in [1.82, 2.24) is 4.90 Å². The summed E-state index contributed by atoms with van der Waals surface area (Å²) in [5.74, 6) is 0.699. The number of hydrogen-bond donors (Lipinski definition) is 1. The summed E-state index contributed by atoms with van der Waals surface area (Å²) in [7, 11) is 4.03. The molecule has 1 amide bonds. The van der Waals surface area contributed by atoms with Gasteiger partial charge in [-0.3, -0.25) is 4.79 Å². The van der Waals surface area contributed by atoms with Crippen LogP contribution in [0.25, 0.3) is 0 Å². The molecule has 1 aliphatic rings. The zero-order valence-corrected chi connectivity index (χ0v) is 14.2. The van der Waals surface area contributed by atoms with Gasteiger partial charge in [0, 0.05) is 12.1 Å². The molecule has 1 aliphatic heterocycles. The third-order valence-corrected chi connectivity index (χ3v) is 3.99. The second-order valence-electron chi connectivity index (χ2n) is 6.03. The van der Waals surface area contributed by atoms with Crippen molar-refractivity contribution in [3.63, 3.8) is 0 Å². The highest BCUT2D eigenvalue weighted by molar-refractivity contribution is 6.03. The van der Waals surface area contributed by atoms with E-state index < -0.39 is 6.10 Å². The number of fused-ring (bicyclic) bond motifs is 1. The molecule has 1 atom stereocenters. The molecule has 0 aliphatic carbocycles. The minimum Gasteiger partial charge on any atom is -0.478 e. The van der Waals surface area contributed by atoms with Crippen LogP contribution in [0.5, 0.6) is 5.75 Å². The summed E-state index contributed by atoms with van der Waals surface area (Å²) < 4.78 is 5.82. The number of hydrogen-bond acceptors (Lipinski definition) is 5. The summed E-state index contributed by atoms with van der Waals surface area (Å²) in [6.45, 7) is 5.22. The van der Waals surface area contributed by atoms with Gasteiger partial charge in [-0.2, -0.15) is 0 Å². The SMILES string of the molecule is CC[C@H]1Oc2ccc(/C(C)=N/O)cc2N(CCCN(C)C)C1=O. The van der Waals surface area contributed by atoms with E-state index in [-0.39, 0.29) is 5.91 Å². The van der Waals surface area contributed by atoms with Crippen LogP contribution in [0.4, 0.5) is 5.69 Å². The number of amides is 1. The zero-order valence-electron chi connectivity index (χ0n) is 14.2. The van der Waals surface area contributed by atoms with Gasteiger partial charge in [-0.15, -0.1) is 0 Å². The van der Waals surface area contributed by atoms with Crippen LogP contribution in [0.15, 0.2) is 23.4 Å². The fourth-order valence-corrected chi connectivity index (χ4v) is 2.64. The van der Waals surface area contributed by atoms with Gasteiger partial charge in [0.15, 0.2) is 6.10 Å². The monoisotopic (exact) mass is 319 g/mol. The molecule has 0 radical (unpaired) electrons. The largest absolute Gasteiger partial charge is 0.478 e. The highest BCUT2D eigenvalue weighted by atomic mass is 16.5. The lowest BCUT2D eigenvalue weighted by atomic mass is 10.1. The third kappa shape index (κ3) is 3.82. The van der Waals surface area contributed by atoms with Crippen LogP contribution in [-0.2, 0) is 4.79 Å². The molecule has 0 unspecified atom stereocenters. The summed E-state index contributed by atoms with van der Waals surface area (Å²) in [6.07, 6.45) is 1.09. The van der Waals surface area contributed by atoms with Crippen LogP contribution >= 0.6 is 0 Å². The van der Waals surface area contributed by atoms with Gasteiger partial charge in [-0.05, 0) is 58.6 Å².